The molecule has 1 fully saturated rings. The maximum Gasteiger partial charge on any atom is 0.219 e. The average molecular weight is 283 g/mol. The lowest BCUT2D eigenvalue weighted by Gasteiger charge is -2.36. The van der Waals surface area contributed by atoms with Gasteiger partial charge < -0.3 is 14.2 Å². The van der Waals surface area contributed by atoms with Gasteiger partial charge in [-0.15, -0.1) is 0 Å². The van der Waals surface area contributed by atoms with Gasteiger partial charge in [0.05, 0.1) is 12.1 Å². The third-order valence-electron chi connectivity index (χ3n) is 4.85. The van der Waals surface area contributed by atoms with Gasteiger partial charge >= 0.3 is 0 Å². The van der Waals surface area contributed by atoms with Crippen molar-refractivity contribution >= 4 is 16.8 Å². The van der Waals surface area contributed by atoms with Gasteiger partial charge in [-0.3, -0.25) is 0 Å². The van der Waals surface area contributed by atoms with Crippen LogP contribution in [0.2, 0.25) is 0 Å². The summed E-state index contributed by atoms with van der Waals surface area (Å²) in [6.45, 7) is 3.00. The molecule has 0 aliphatic carbocycles. The summed E-state index contributed by atoms with van der Waals surface area (Å²) in [6.07, 6.45) is 4.28. The molecule has 1 aromatic carbocycles. The first-order valence-electron chi connectivity index (χ1n) is 7.63. The number of nitrogens with zero attached hydrogens (tertiary/aromatic N) is 3. The molecule has 0 bridgehead atoms. The van der Waals surface area contributed by atoms with Gasteiger partial charge in [0.25, 0.3) is 0 Å². The number of ether oxygens (including phenoxy) is 1. The molecule has 110 valence electrons. The van der Waals surface area contributed by atoms with Crippen LogP contribution < -0.4 is 0 Å². The number of piperidine rings is 1. The summed E-state index contributed by atoms with van der Waals surface area (Å²) in [5.74, 6) is 0.830. The molecule has 1 saturated heterocycles. The van der Waals surface area contributed by atoms with E-state index in [1.54, 1.807) is 0 Å². The number of hydrogen-bond donors (Lipinski definition) is 0. The Labute approximate surface area is 125 Å². The zero-order valence-electron chi connectivity index (χ0n) is 12.7. The van der Waals surface area contributed by atoms with Crippen molar-refractivity contribution < 1.29 is 4.74 Å². The second-order valence-corrected chi connectivity index (χ2v) is 6.38. The molecule has 2 aliphatic rings. The molecule has 0 atom stereocenters. The Morgan fingerprint density at radius 3 is 2.71 bits per heavy atom. The van der Waals surface area contributed by atoms with Gasteiger partial charge in [-0.2, -0.15) is 0 Å². The van der Waals surface area contributed by atoms with E-state index in [0.29, 0.717) is 0 Å². The molecule has 0 unspecified atom stereocenters. The lowest BCUT2D eigenvalue weighted by Crippen LogP contribution is -2.45. The second kappa shape index (κ2) is 4.60. The number of rotatable bonds is 1. The molecule has 4 heteroatoms. The van der Waals surface area contributed by atoms with Crippen molar-refractivity contribution in [1.29, 1.82) is 0 Å². The van der Waals surface area contributed by atoms with Crippen LogP contribution in [0.1, 0.15) is 18.4 Å². The van der Waals surface area contributed by atoms with Gasteiger partial charge in [-0.25, -0.2) is 4.99 Å². The van der Waals surface area contributed by atoms with Crippen LogP contribution in [0.4, 0.5) is 0 Å². The summed E-state index contributed by atoms with van der Waals surface area (Å²) < 4.78 is 8.50. The highest BCUT2D eigenvalue weighted by Gasteiger charge is 2.41. The summed E-state index contributed by atoms with van der Waals surface area (Å²) in [6, 6.07) is 8.43. The highest BCUT2D eigenvalue weighted by molar-refractivity contribution is 6.07. The van der Waals surface area contributed by atoms with Crippen LogP contribution in [0, 0.1) is 0 Å². The van der Waals surface area contributed by atoms with Crippen molar-refractivity contribution in [1.82, 2.24) is 9.47 Å². The smallest absolute Gasteiger partial charge is 0.219 e. The molecule has 21 heavy (non-hydrogen) atoms. The molecule has 1 aromatic heterocycles. The van der Waals surface area contributed by atoms with Crippen molar-refractivity contribution in [3.8, 4) is 0 Å². The van der Waals surface area contributed by atoms with Crippen LogP contribution in [-0.2, 0) is 11.8 Å². The highest BCUT2D eigenvalue weighted by Crippen LogP contribution is 2.33. The Morgan fingerprint density at radius 2 is 1.90 bits per heavy atom. The van der Waals surface area contributed by atoms with Crippen LogP contribution in [-0.4, -0.2) is 47.6 Å². The molecule has 2 aliphatic heterocycles. The number of aryl methyl sites for hydroxylation is 1. The van der Waals surface area contributed by atoms with Crippen molar-refractivity contribution in [3.05, 3.63) is 36.0 Å². The second-order valence-electron chi connectivity index (χ2n) is 6.38. The molecule has 0 radical (unpaired) electrons. The number of para-hydroxylation sites is 1. The maximum atomic E-state index is 6.36. The minimum atomic E-state index is -0.0568. The number of likely N-dealkylation sites (tertiary alicyclic amines) is 1. The van der Waals surface area contributed by atoms with E-state index < -0.39 is 0 Å². The van der Waals surface area contributed by atoms with Gasteiger partial charge in [0, 0.05) is 50.1 Å². The molecule has 4 nitrogen and oxygen atoms in total. The predicted octanol–water partition coefficient (Wildman–Crippen LogP) is 2.42. The van der Waals surface area contributed by atoms with Crippen LogP contribution >= 0.6 is 0 Å². The van der Waals surface area contributed by atoms with Gasteiger partial charge in [0.1, 0.15) is 5.60 Å². The van der Waals surface area contributed by atoms with E-state index >= 15 is 0 Å². The van der Waals surface area contributed by atoms with E-state index in [0.717, 1.165) is 43.9 Å². The molecule has 2 aromatic rings. The normalized spacial score (nSPS) is 21.7. The zero-order valence-corrected chi connectivity index (χ0v) is 12.7. The molecule has 0 N–H and O–H groups in total. The third kappa shape index (κ3) is 2.05. The lowest BCUT2D eigenvalue weighted by atomic mass is 9.92. The standard InChI is InChI=1S/C17H21N3O/c1-19-9-7-17(8-10-19)12-18-16(21-17)14-11-20(2)15-6-4-3-5-13(14)15/h3-6,11H,7-10,12H2,1-2H3. The molecule has 0 amide bonds. The largest absolute Gasteiger partial charge is 0.469 e. The monoisotopic (exact) mass is 283 g/mol. The van der Waals surface area contributed by atoms with E-state index in [1.165, 1.54) is 10.9 Å². The van der Waals surface area contributed by atoms with Crippen LogP contribution in [0.25, 0.3) is 10.9 Å². The predicted molar refractivity (Wildman–Crippen MR) is 84.9 cm³/mol. The Balaban J connectivity index is 1.65. The van der Waals surface area contributed by atoms with Crippen LogP contribution in [0.5, 0.6) is 0 Å². The summed E-state index contributed by atoms with van der Waals surface area (Å²) in [4.78, 5) is 7.10. The Morgan fingerprint density at radius 1 is 1.14 bits per heavy atom. The first kappa shape index (κ1) is 12.9. The molecular weight excluding hydrogens is 262 g/mol. The van der Waals surface area contributed by atoms with Crippen LogP contribution in [0.3, 0.4) is 0 Å². The number of benzene rings is 1. The fraction of sp³-hybridized carbons (Fsp3) is 0.471. The van der Waals surface area contributed by atoms with E-state index in [9.17, 15) is 0 Å². The molecule has 4 rings (SSSR count). The maximum absolute atomic E-state index is 6.36. The van der Waals surface area contributed by atoms with E-state index in [4.69, 9.17) is 9.73 Å². The highest BCUT2D eigenvalue weighted by atomic mass is 16.5. The van der Waals surface area contributed by atoms with E-state index in [2.05, 4.69) is 54.0 Å². The first-order chi connectivity index (χ1) is 10.2. The zero-order chi connectivity index (χ0) is 14.4. The Bertz CT molecular complexity index is 708. The fourth-order valence-corrected chi connectivity index (χ4v) is 3.42. The van der Waals surface area contributed by atoms with Crippen molar-refractivity contribution in [2.75, 3.05) is 26.7 Å². The fourth-order valence-electron chi connectivity index (χ4n) is 3.42. The van der Waals surface area contributed by atoms with E-state index in [1.807, 2.05) is 0 Å². The third-order valence-corrected chi connectivity index (χ3v) is 4.85. The minimum Gasteiger partial charge on any atom is -0.469 e. The summed E-state index contributed by atoms with van der Waals surface area (Å²) in [7, 11) is 4.25. The summed E-state index contributed by atoms with van der Waals surface area (Å²) >= 11 is 0. The lowest BCUT2D eigenvalue weighted by molar-refractivity contribution is 0.0227. The number of fused-ring (bicyclic) bond motifs is 1. The Hall–Kier alpha value is -1.81. The van der Waals surface area contributed by atoms with Crippen LogP contribution in [0.15, 0.2) is 35.5 Å². The van der Waals surface area contributed by atoms with Crippen molar-refractivity contribution in [2.24, 2.45) is 12.0 Å². The number of aliphatic imine (C=N–C) groups is 1. The molecule has 0 saturated carbocycles. The average Bonchev–Trinajstić information content (AvgIpc) is 3.06. The molecule has 1 spiro atoms. The topological polar surface area (TPSA) is 29.8 Å². The molecule has 3 heterocycles. The van der Waals surface area contributed by atoms with Gasteiger partial charge in [-0.1, -0.05) is 18.2 Å². The van der Waals surface area contributed by atoms with Gasteiger partial charge in [-0.05, 0) is 13.1 Å². The quantitative estimate of drug-likeness (QED) is 0.804. The van der Waals surface area contributed by atoms with Gasteiger partial charge in [0.2, 0.25) is 5.90 Å². The summed E-state index contributed by atoms with van der Waals surface area (Å²) in [5.41, 5.74) is 2.30. The van der Waals surface area contributed by atoms with E-state index in [-0.39, 0.29) is 5.60 Å². The number of hydrogen-bond acceptors (Lipinski definition) is 3. The van der Waals surface area contributed by atoms with Crippen molar-refractivity contribution in [3.63, 3.8) is 0 Å². The number of aromatic nitrogens is 1. The summed E-state index contributed by atoms with van der Waals surface area (Å²) in [5, 5.41) is 1.23. The van der Waals surface area contributed by atoms with Gasteiger partial charge in [0.15, 0.2) is 0 Å². The van der Waals surface area contributed by atoms with Crippen molar-refractivity contribution in [2.45, 2.75) is 18.4 Å². The minimum absolute atomic E-state index is 0.0568. The molecular formula is C17H21N3O. The first-order valence-corrected chi connectivity index (χ1v) is 7.63. The Kier molecular flexibility index (Phi) is 2.82. The SMILES string of the molecule is CN1CCC2(CC1)CN=C(c1cn(C)c3ccccc13)O2.